The Kier molecular flexibility index (Phi) is 7.36. The number of furan rings is 2. The Morgan fingerprint density at radius 3 is 1.91 bits per heavy atom. The molecule has 0 radical (unpaired) electrons. The number of para-hydroxylation sites is 1. The average molecular weight is 730 g/mol. The van der Waals surface area contributed by atoms with E-state index in [2.05, 4.69) is 200 Å². The van der Waals surface area contributed by atoms with Gasteiger partial charge in [0.05, 0.1) is 11.1 Å². The minimum Gasteiger partial charge on any atom is -0.456 e. The van der Waals surface area contributed by atoms with Crippen molar-refractivity contribution in [1.82, 2.24) is 0 Å². The predicted molar refractivity (Wildman–Crippen MR) is 236 cm³/mol. The van der Waals surface area contributed by atoms with Crippen LogP contribution in [-0.4, -0.2) is 0 Å². The molecule has 2 heterocycles. The van der Waals surface area contributed by atoms with Crippen molar-refractivity contribution in [3.8, 4) is 22.3 Å². The van der Waals surface area contributed by atoms with E-state index in [1.165, 1.54) is 33.4 Å². The zero-order valence-corrected chi connectivity index (χ0v) is 33.5. The van der Waals surface area contributed by atoms with Crippen molar-refractivity contribution in [2.45, 2.75) is 71.6 Å². The smallest absolute Gasteiger partial charge is 0.145 e. The van der Waals surface area contributed by atoms with Gasteiger partial charge in [0.25, 0.3) is 0 Å². The lowest BCUT2D eigenvalue weighted by atomic mass is 9.79. The normalized spacial score (nSPS) is 13.9. The van der Waals surface area contributed by atoms with Gasteiger partial charge in [0.2, 0.25) is 0 Å². The molecule has 3 heteroatoms. The lowest BCUT2D eigenvalue weighted by molar-refractivity contribution is 0.559. The van der Waals surface area contributed by atoms with Crippen molar-refractivity contribution in [1.29, 1.82) is 0 Å². The molecule has 56 heavy (non-hydrogen) atoms. The van der Waals surface area contributed by atoms with Gasteiger partial charge in [-0.05, 0) is 98.8 Å². The van der Waals surface area contributed by atoms with Crippen molar-refractivity contribution >= 4 is 60.9 Å². The Morgan fingerprint density at radius 2 is 1.12 bits per heavy atom. The second-order valence-corrected chi connectivity index (χ2v) is 18.2. The van der Waals surface area contributed by atoms with E-state index >= 15 is 0 Å². The molecular formula is C53H47NO2. The van der Waals surface area contributed by atoms with Crippen LogP contribution in [0.25, 0.3) is 66.1 Å². The molecule has 3 nitrogen and oxygen atoms in total. The highest BCUT2D eigenvalue weighted by Crippen LogP contribution is 2.52. The molecule has 0 atom stereocenters. The topological polar surface area (TPSA) is 29.5 Å². The van der Waals surface area contributed by atoms with Crippen LogP contribution >= 0.6 is 0 Å². The second kappa shape index (κ2) is 12.0. The van der Waals surface area contributed by atoms with Crippen molar-refractivity contribution < 1.29 is 8.83 Å². The van der Waals surface area contributed by atoms with E-state index in [-0.39, 0.29) is 16.2 Å². The molecule has 7 aromatic carbocycles. The Bertz CT molecular complexity index is 3020. The maximum atomic E-state index is 6.81. The molecule has 0 amide bonds. The molecule has 0 spiro atoms. The highest BCUT2D eigenvalue weighted by Gasteiger charge is 2.36. The Balaban J connectivity index is 1.28. The zero-order valence-electron chi connectivity index (χ0n) is 33.5. The van der Waals surface area contributed by atoms with Crippen molar-refractivity contribution in [2.24, 2.45) is 0 Å². The van der Waals surface area contributed by atoms with Crippen molar-refractivity contribution in [2.75, 3.05) is 4.90 Å². The second-order valence-electron chi connectivity index (χ2n) is 18.2. The fraction of sp³-hybridized carbons (Fsp3) is 0.208. The first kappa shape index (κ1) is 34.4. The number of anilines is 3. The van der Waals surface area contributed by atoms with Gasteiger partial charge in [-0.1, -0.05) is 140 Å². The first-order valence-corrected chi connectivity index (χ1v) is 19.8. The zero-order chi connectivity index (χ0) is 38.7. The summed E-state index contributed by atoms with van der Waals surface area (Å²) in [5.74, 6) is 0. The van der Waals surface area contributed by atoms with Gasteiger partial charge in [-0.3, -0.25) is 0 Å². The number of nitrogens with zero attached hydrogens (tertiary/aromatic N) is 1. The summed E-state index contributed by atoms with van der Waals surface area (Å²) < 4.78 is 13.6. The summed E-state index contributed by atoms with van der Waals surface area (Å²) in [4.78, 5) is 2.44. The van der Waals surface area contributed by atoms with E-state index in [4.69, 9.17) is 8.83 Å². The van der Waals surface area contributed by atoms with E-state index in [1.807, 2.05) is 0 Å². The van der Waals surface area contributed by atoms with Crippen LogP contribution in [0.2, 0.25) is 0 Å². The molecule has 0 saturated carbocycles. The maximum absolute atomic E-state index is 6.81. The summed E-state index contributed by atoms with van der Waals surface area (Å²) in [5.41, 5.74) is 16.6. The molecule has 0 aliphatic heterocycles. The predicted octanol–water partition coefficient (Wildman–Crippen LogP) is 15.5. The average Bonchev–Trinajstić information content (AvgIpc) is 3.82. The third kappa shape index (κ3) is 5.17. The van der Waals surface area contributed by atoms with Crippen LogP contribution in [-0.2, 0) is 16.2 Å². The molecule has 1 aliphatic carbocycles. The molecular weight excluding hydrogens is 683 g/mol. The molecule has 0 N–H and O–H groups in total. The fourth-order valence-electron chi connectivity index (χ4n) is 9.10. The van der Waals surface area contributed by atoms with E-state index in [1.54, 1.807) is 0 Å². The highest BCUT2D eigenvalue weighted by molar-refractivity contribution is 6.17. The van der Waals surface area contributed by atoms with E-state index in [9.17, 15) is 0 Å². The largest absolute Gasteiger partial charge is 0.456 e. The van der Waals surface area contributed by atoms with Gasteiger partial charge in [-0.25, -0.2) is 0 Å². The minimum atomic E-state index is -0.153. The summed E-state index contributed by atoms with van der Waals surface area (Å²) >= 11 is 0. The molecule has 10 rings (SSSR count). The van der Waals surface area contributed by atoms with Gasteiger partial charge in [-0.15, -0.1) is 0 Å². The van der Waals surface area contributed by atoms with Gasteiger partial charge in [0, 0.05) is 44.1 Å². The summed E-state index contributed by atoms with van der Waals surface area (Å²) in [6, 6.07) is 50.9. The van der Waals surface area contributed by atoms with Crippen LogP contribution in [0.4, 0.5) is 17.1 Å². The summed E-state index contributed by atoms with van der Waals surface area (Å²) in [6.45, 7) is 18.4. The third-order valence-electron chi connectivity index (χ3n) is 12.1. The summed E-state index contributed by atoms with van der Waals surface area (Å²) in [5, 5.41) is 4.45. The standard InChI is InChI=1S/C53H47NO2/c1-51(2,3)33-28-41-40-30-34(23-27-47(40)55-49(41)44(29-33)52(4,5)6)54(35-22-24-38-37-18-12-14-20-42(37)53(7,8)43(38)31-35)45-26-25-36(32-16-10-9-11-17-32)50-48(45)39-19-13-15-21-46(39)56-50/h9-31H,1-8H3. The molecule has 0 saturated heterocycles. The van der Waals surface area contributed by atoms with E-state index < -0.39 is 0 Å². The molecule has 0 bridgehead atoms. The molecule has 2 aromatic heterocycles. The summed E-state index contributed by atoms with van der Waals surface area (Å²) in [6.07, 6.45) is 0. The van der Waals surface area contributed by atoms with Crippen LogP contribution in [0, 0.1) is 0 Å². The van der Waals surface area contributed by atoms with Crippen molar-refractivity contribution in [3.05, 3.63) is 162 Å². The Morgan fingerprint density at radius 1 is 0.482 bits per heavy atom. The number of hydrogen-bond donors (Lipinski definition) is 0. The van der Waals surface area contributed by atoms with Crippen LogP contribution in [0.15, 0.2) is 148 Å². The number of benzene rings is 7. The Hall–Kier alpha value is -6.06. The number of fused-ring (bicyclic) bond motifs is 9. The summed E-state index contributed by atoms with van der Waals surface area (Å²) in [7, 11) is 0. The van der Waals surface area contributed by atoms with Crippen LogP contribution in [0.1, 0.15) is 77.6 Å². The monoisotopic (exact) mass is 729 g/mol. The molecule has 0 fully saturated rings. The van der Waals surface area contributed by atoms with Gasteiger partial charge in [-0.2, -0.15) is 0 Å². The van der Waals surface area contributed by atoms with Crippen molar-refractivity contribution in [3.63, 3.8) is 0 Å². The molecule has 9 aromatic rings. The van der Waals surface area contributed by atoms with Gasteiger partial charge in [0.15, 0.2) is 0 Å². The highest BCUT2D eigenvalue weighted by atomic mass is 16.3. The van der Waals surface area contributed by atoms with E-state index in [0.29, 0.717) is 0 Å². The maximum Gasteiger partial charge on any atom is 0.145 e. The Labute approximate surface area is 329 Å². The number of rotatable bonds is 4. The SMILES string of the molecule is CC(C)(C)c1cc(C(C)(C)C)c2oc3ccc(N(c4ccc5c(c4)C(C)(C)c4ccccc4-5)c4ccc(-c5ccccc5)c5oc6ccccc6c45)cc3c2c1. The van der Waals surface area contributed by atoms with Crippen LogP contribution in [0.5, 0.6) is 0 Å². The fourth-order valence-corrected chi connectivity index (χ4v) is 9.10. The lowest BCUT2D eigenvalue weighted by Crippen LogP contribution is -2.16. The van der Waals surface area contributed by atoms with Crippen LogP contribution < -0.4 is 4.90 Å². The molecule has 0 unspecified atom stereocenters. The third-order valence-corrected chi connectivity index (χ3v) is 12.1. The lowest BCUT2D eigenvalue weighted by Gasteiger charge is -2.29. The number of hydrogen-bond acceptors (Lipinski definition) is 3. The van der Waals surface area contributed by atoms with E-state index in [0.717, 1.165) is 72.1 Å². The van der Waals surface area contributed by atoms with Gasteiger partial charge >= 0.3 is 0 Å². The van der Waals surface area contributed by atoms with Crippen LogP contribution in [0.3, 0.4) is 0 Å². The van der Waals surface area contributed by atoms with Gasteiger partial charge in [0.1, 0.15) is 22.3 Å². The quantitative estimate of drug-likeness (QED) is 0.181. The molecule has 1 aliphatic rings. The van der Waals surface area contributed by atoms with Gasteiger partial charge < -0.3 is 13.7 Å². The molecule has 276 valence electrons. The first-order valence-electron chi connectivity index (χ1n) is 19.8. The first-order chi connectivity index (χ1) is 26.8. The minimum absolute atomic E-state index is 0.0231.